The first-order valence-corrected chi connectivity index (χ1v) is 7.79. The Bertz CT molecular complexity index is 625. The second-order valence-electron chi connectivity index (χ2n) is 4.69. The van der Waals surface area contributed by atoms with Crippen LogP contribution in [0.4, 0.5) is 0 Å². The normalized spacial score (nSPS) is 12.7. The summed E-state index contributed by atoms with van der Waals surface area (Å²) in [5.74, 6) is 0. The van der Waals surface area contributed by atoms with Gasteiger partial charge in [0.15, 0.2) is 0 Å². The minimum absolute atomic E-state index is 0.0837. The predicted octanol–water partition coefficient (Wildman–Crippen LogP) is 4.30. The van der Waals surface area contributed by atoms with E-state index < -0.39 is 0 Å². The molecule has 0 spiro atoms. The van der Waals surface area contributed by atoms with Gasteiger partial charge in [0.1, 0.15) is 5.15 Å². The van der Waals surface area contributed by atoms with Crippen molar-refractivity contribution in [3.05, 3.63) is 49.7 Å². The van der Waals surface area contributed by atoms with Crippen LogP contribution in [0.5, 0.6) is 0 Å². The van der Waals surface area contributed by atoms with Crippen LogP contribution in [0.15, 0.2) is 22.7 Å². The highest BCUT2D eigenvalue weighted by Gasteiger charge is 2.19. The molecule has 1 atom stereocenters. The summed E-state index contributed by atoms with van der Waals surface area (Å²) in [6.07, 6.45) is 0.741. The quantitative estimate of drug-likeness (QED) is 0.861. The Labute approximate surface area is 137 Å². The van der Waals surface area contributed by atoms with Crippen molar-refractivity contribution < 1.29 is 0 Å². The molecule has 0 radical (unpaired) electrons. The molecule has 0 aliphatic rings. The number of nitrogens with zero attached hydrogens (tertiary/aromatic N) is 2. The van der Waals surface area contributed by atoms with Crippen molar-refractivity contribution in [1.29, 1.82) is 0 Å². The number of hydrogen-bond donors (Lipinski definition) is 1. The fourth-order valence-electron chi connectivity index (χ4n) is 2.26. The molecule has 0 bridgehead atoms. The molecule has 2 aromatic rings. The molecule has 0 aliphatic heterocycles. The minimum Gasteiger partial charge on any atom is -0.313 e. The lowest BCUT2D eigenvalue weighted by Gasteiger charge is -2.18. The molecule has 1 N–H and O–H groups in total. The summed E-state index contributed by atoms with van der Waals surface area (Å²) in [4.78, 5) is 0. The smallest absolute Gasteiger partial charge is 0.130 e. The number of aromatic nitrogens is 2. The van der Waals surface area contributed by atoms with E-state index in [0.717, 1.165) is 32.7 Å². The summed E-state index contributed by atoms with van der Waals surface area (Å²) in [5, 5.41) is 9.06. The molecule has 0 saturated carbocycles. The van der Waals surface area contributed by atoms with Crippen molar-refractivity contribution >= 4 is 39.1 Å². The molecule has 3 nitrogen and oxygen atoms in total. The predicted molar refractivity (Wildman–Crippen MR) is 87.6 cm³/mol. The number of aryl methyl sites for hydroxylation is 2. The molecule has 0 fully saturated rings. The first kappa shape index (κ1) is 15.8. The molecule has 6 heteroatoms. The zero-order valence-electron chi connectivity index (χ0n) is 11.5. The van der Waals surface area contributed by atoms with Crippen molar-refractivity contribution in [2.24, 2.45) is 7.05 Å². The van der Waals surface area contributed by atoms with E-state index in [4.69, 9.17) is 23.2 Å². The first-order chi connectivity index (χ1) is 9.43. The van der Waals surface area contributed by atoms with E-state index >= 15 is 0 Å². The zero-order valence-corrected chi connectivity index (χ0v) is 14.6. The van der Waals surface area contributed by atoms with Crippen LogP contribution < -0.4 is 5.32 Å². The Hall–Kier alpha value is -0.550. The summed E-state index contributed by atoms with van der Waals surface area (Å²) < 4.78 is 2.70. The summed E-state index contributed by atoms with van der Waals surface area (Å²) in [6, 6.07) is 5.94. The van der Waals surface area contributed by atoms with E-state index in [1.807, 2.05) is 39.2 Å². The topological polar surface area (TPSA) is 29.9 Å². The standard InChI is InChI=1S/C14H16BrCl2N3/c1-8-10(14(17)20(3)19-8)7-13(18-2)11-6-9(15)4-5-12(11)16/h4-6,13,18H,7H2,1-3H3. The SMILES string of the molecule is CNC(Cc1c(C)nn(C)c1Cl)c1cc(Br)ccc1Cl. The highest BCUT2D eigenvalue weighted by atomic mass is 79.9. The van der Waals surface area contributed by atoms with Gasteiger partial charge >= 0.3 is 0 Å². The lowest BCUT2D eigenvalue weighted by Crippen LogP contribution is -2.19. The minimum atomic E-state index is 0.0837. The zero-order chi connectivity index (χ0) is 14.9. The lowest BCUT2D eigenvalue weighted by atomic mass is 9.99. The molecular weight excluding hydrogens is 361 g/mol. The van der Waals surface area contributed by atoms with Crippen molar-refractivity contribution in [2.45, 2.75) is 19.4 Å². The number of benzene rings is 1. The van der Waals surface area contributed by atoms with Gasteiger partial charge in [0.25, 0.3) is 0 Å². The number of rotatable bonds is 4. The second kappa shape index (κ2) is 6.48. The molecule has 2 rings (SSSR count). The molecule has 0 saturated heterocycles. The van der Waals surface area contributed by atoms with Gasteiger partial charge in [-0.25, -0.2) is 0 Å². The molecular formula is C14H16BrCl2N3. The summed E-state index contributed by atoms with van der Waals surface area (Å²) in [6.45, 7) is 1.97. The average Bonchev–Trinajstić information content (AvgIpc) is 2.65. The van der Waals surface area contributed by atoms with Crippen LogP contribution in [0.2, 0.25) is 10.2 Å². The van der Waals surface area contributed by atoms with Gasteiger partial charge < -0.3 is 5.32 Å². The summed E-state index contributed by atoms with van der Waals surface area (Å²) in [7, 11) is 3.76. The van der Waals surface area contributed by atoms with Gasteiger partial charge in [-0.15, -0.1) is 0 Å². The van der Waals surface area contributed by atoms with Crippen molar-refractivity contribution in [3.8, 4) is 0 Å². The third kappa shape index (κ3) is 3.19. The Morgan fingerprint density at radius 2 is 2.10 bits per heavy atom. The summed E-state index contributed by atoms with van der Waals surface area (Å²) >= 11 is 16.1. The van der Waals surface area contributed by atoms with Crippen molar-refractivity contribution in [3.63, 3.8) is 0 Å². The fourth-order valence-corrected chi connectivity index (χ4v) is 3.14. The van der Waals surface area contributed by atoms with E-state index in [-0.39, 0.29) is 6.04 Å². The number of likely N-dealkylation sites (N-methyl/N-ethyl adjacent to an activating group) is 1. The molecule has 1 aromatic carbocycles. The largest absolute Gasteiger partial charge is 0.313 e. The van der Waals surface area contributed by atoms with Crippen LogP contribution in [0, 0.1) is 6.92 Å². The third-order valence-electron chi connectivity index (χ3n) is 3.36. The Morgan fingerprint density at radius 1 is 1.40 bits per heavy atom. The van der Waals surface area contributed by atoms with Gasteiger partial charge in [-0.3, -0.25) is 4.68 Å². The van der Waals surface area contributed by atoms with Gasteiger partial charge in [-0.05, 0) is 44.2 Å². The molecule has 20 heavy (non-hydrogen) atoms. The number of nitrogens with one attached hydrogen (secondary N) is 1. The van der Waals surface area contributed by atoms with Crippen molar-refractivity contribution in [2.75, 3.05) is 7.05 Å². The molecule has 1 heterocycles. The van der Waals surface area contributed by atoms with Gasteiger partial charge in [-0.2, -0.15) is 5.10 Å². The van der Waals surface area contributed by atoms with Crippen LogP contribution in [0.1, 0.15) is 22.9 Å². The maximum absolute atomic E-state index is 6.31. The van der Waals surface area contributed by atoms with Gasteiger partial charge in [-0.1, -0.05) is 39.1 Å². The lowest BCUT2D eigenvalue weighted by molar-refractivity contribution is 0.590. The van der Waals surface area contributed by atoms with E-state index in [9.17, 15) is 0 Å². The van der Waals surface area contributed by atoms with Gasteiger partial charge in [0.05, 0.1) is 5.69 Å². The Kier molecular flexibility index (Phi) is 5.13. The maximum atomic E-state index is 6.31. The third-order valence-corrected chi connectivity index (χ3v) is 4.67. The average molecular weight is 377 g/mol. The molecule has 0 amide bonds. The highest BCUT2D eigenvalue weighted by Crippen LogP contribution is 2.31. The highest BCUT2D eigenvalue weighted by molar-refractivity contribution is 9.10. The van der Waals surface area contributed by atoms with E-state index in [1.165, 1.54) is 0 Å². The van der Waals surface area contributed by atoms with Crippen LogP contribution in [-0.4, -0.2) is 16.8 Å². The van der Waals surface area contributed by atoms with Crippen LogP contribution in [-0.2, 0) is 13.5 Å². The van der Waals surface area contributed by atoms with Crippen LogP contribution >= 0.6 is 39.1 Å². The number of hydrogen-bond acceptors (Lipinski definition) is 2. The first-order valence-electron chi connectivity index (χ1n) is 6.24. The Morgan fingerprint density at radius 3 is 2.65 bits per heavy atom. The van der Waals surface area contributed by atoms with Gasteiger partial charge in [0.2, 0.25) is 0 Å². The van der Waals surface area contributed by atoms with Gasteiger partial charge in [0, 0.05) is 28.1 Å². The maximum Gasteiger partial charge on any atom is 0.130 e. The fraction of sp³-hybridized carbons (Fsp3) is 0.357. The van der Waals surface area contributed by atoms with Crippen LogP contribution in [0.25, 0.3) is 0 Å². The van der Waals surface area contributed by atoms with E-state index in [2.05, 4.69) is 26.3 Å². The van der Waals surface area contributed by atoms with Crippen molar-refractivity contribution in [1.82, 2.24) is 15.1 Å². The van der Waals surface area contributed by atoms with E-state index in [0.29, 0.717) is 5.15 Å². The van der Waals surface area contributed by atoms with Crippen LogP contribution in [0.3, 0.4) is 0 Å². The Balaban J connectivity index is 2.36. The monoisotopic (exact) mass is 375 g/mol. The molecule has 108 valence electrons. The summed E-state index contributed by atoms with van der Waals surface area (Å²) in [5.41, 5.74) is 3.04. The second-order valence-corrected chi connectivity index (χ2v) is 6.37. The number of halogens is 3. The molecule has 1 aromatic heterocycles. The van der Waals surface area contributed by atoms with E-state index in [1.54, 1.807) is 4.68 Å². The molecule has 0 aliphatic carbocycles. The molecule has 1 unspecified atom stereocenters.